The molecule has 1 heterocycles. The van der Waals surface area contributed by atoms with Gasteiger partial charge in [0.25, 0.3) is 0 Å². The second-order valence-corrected chi connectivity index (χ2v) is 5.40. The van der Waals surface area contributed by atoms with Crippen molar-refractivity contribution in [2.75, 3.05) is 5.32 Å². The number of rotatable bonds is 7. The van der Waals surface area contributed by atoms with E-state index in [1.54, 1.807) is 0 Å². The zero-order valence-corrected chi connectivity index (χ0v) is 12.8. The number of hydrogen-bond donors (Lipinski definition) is 1. The van der Waals surface area contributed by atoms with E-state index in [1.165, 1.54) is 36.9 Å². The molecule has 0 saturated heterocycles. The van der Waals surface area contributed by atoms with E-state index < -0.39 is 0 Å². The minimum absolute atomic E-state index is 0.258. The summed E-state index contributed by atoms with van der Waals surface area (Å²) < 4.78 is 1.91. The average molecular weight is 271 g/mol. The molecular weight excluding hydrogens is 246 g/mol. The van der Waals surface area contributed by atoms with Gasteiger partial charge in [0.1, 0.15) is 0 Å². The third-order valence-electron chi connectivity index (χ3n) is 3.71. The maximum atomic E-state index is 4.21. The molecule has 2 aromatic rings. The zero-order chi connectivity index (χ0) is 14.4. The summed E-state index contributed by atoms with van der Waals surface area (Å²) in [5, 5.41) is 7.73. The molecule has 20 heavy (non-hydrogen) atoms. The number of nitrogens with one attached hydrogen (secondary N) is 1. The Morgan fingerprint density at radius 3 is 2.50 bits per heavy atom. The number of hydrogen-bond acceptors (Lipinski definition) is 2. The summed E-state index contributed by atoms with van der Waals surface area (Å²) >= 11 is 0. The normalized spacial score (nSPS) is 12.3. The Kier molecular flexibility index (Phi) is 5.22. The van der Waals surface area contributed by atoms with Gasteiger partial charge in [-0.3, -0.25) is 4.68 Å². The molecule has 0 aliphatic carbocycles. The first kappa shape index (κ1) is 14.6. The highest BCUT2D eigenvalue weighted by molar-refractivity contribution is 5.46. The van der Waals surface area contributed by atoms with E-state index in [0.717, 1.165) is 5.69 Å². The predicted molar refractivity (Wildman–Crippen MR) is 84.9 cm³/mol. The van der Waals surface area contributed by atoms with Crippen LogP contribution in [-0.4, -0.2) is 9.78 Å². The second kappa shape index (κ2) is 7.13. The fraction of sp³-hybridized carbons (Fsp3) is 0.471. The maximum absolute atomic E-state index is 4.21. The molecule has 108 valence electrons. The minimum atomic E-state index is 0.258. The van der Waals surface area contributed by atoms with Gasteiger partial charge in [-0.25, -0.2) is 0 Å². The van der Waals surface area contributed by atoms with Crippen LogP contribution in [0, 0.1) is 0 Å². The lowest BCUT2D eigenvalue weighted by atomic mass is 10.1. The van der Waals surface area contributed by atoms with Crippen LogP contribution in [0.1, 0.15) is 50.4 Å². The molecule has 0 amide bonds. The van der Waals surface area contributed by atoms with Crippen molar-refractivity contribution in [3.05, 3.63) is 47.8 Å². The second-order valence-electron chi connectivity index (χ2n) is 5.40. The van der Waals surface area contributed by atoms with E-state index >= 15 is 0 Å². The third kappa shape index (κ3) is 3.86. The summed E-state index contributed by atoms with van der Waals surface area (Å²) in [5.41, 5.74) is 3.78. The van der Waals surface area contributed by atoms with Gasteiger partial charge in [-0.15, -0.1) is 0 Å². The minimum Gasteiger partial charge on any atom is -0.377 e. The molecule has 1 N–H and O–H groups in total. The van der Waals surface area contributed by atoms with E-state index in [9.17, 15) is 0 Å². The Morgan fingerprint density at radius 2 is 1.90 bits per heavy atom. The Bertz CT molecular complexity index is 513. The van der Waals surface area contributed by atoms with Gasteiger partial charge in [-0.05, 0) is 43.5 Å². The number of aromatic nitrogens is 2. The van der Waals surface area contributed by atoms with Crippen molar-refractivity contribution in [3.8, 4) is 0 Å². The van der Waals surface area contributed by atoms with Crippen LogP contribution in [0.15, 0.2) is 36.5 Å². The Balaban J connectivity index is 1.92. The number of nitrogens with zero attached hydrogens (tertiary/aromatic N) is 2. The summed E-state index contributed by atoms with van der Waals surface area (Å²) in [7, 11) is 1.98. The summed E-state index contributed by atoms with van der Waals surface area (Å²) in [6.07, 6.45) is 6.91. The standard InChI is InChI=1S/C17H25N3/c1-4-5-6-7-15-8-10-16(11-9-15)19-14(2)17-12-13-18-20(17)3/h8-14,19H,4-7H2,1-3H3. The topological polar surface area (TPSA) is 29.9 Å². The van der Waals surface area contributed by atoms with Gasteiger partial charge < -0.3 is 5.32 Å². The van der Waals surface area contributed by atoms with Crippen LogP contribution < -0.4 is 5.32 Å². The first-order valence-electron chi connectivity index (χ1n) is 7.54. The molecule has 0 bridgehead atoms. The molecule has 3 heteroatoms. The monoisotopic (exact) mass is 271 g/mol. The molecule has 1 aromatic heterocycles. The number of unbranched alkanes of at least 4 members (excludes halogenated alkanes) is 2. The largest absolute Gasteiger partial charge is 0.377 e. The van der Waals surface area contributed by atoms with Gasteiger partial charge in [0.2, 0.25) is 0 Å². The fourth-order valence-electron chi connectivity index (χ4n) is 2.48. The molecule has 0 fully saturated rings. The lowest BCUT2D eigenvalue weighted by molar-refractivity contribution is 0.675. The van der Waals surface area contributed by atoms with Gasteiger partial charge >= 0.3 is 0 Å². The molecule has 0 spiro atoms. The van der Waals surface area contributed by atoms with Crippen LogP contribution >= 0.6 is 0 Å². The van der Waals surface area contributed by atoms with E-state index in [4.69, 9.17) is 0 Å². The average Bonchev–Trinajstić information content (AvgIpc) is 2.87. The zero-order valence-electron chi connectivity index (χ0n) is 12.8. The third-order valence-corrected chi connectivity index (χ3v) is 3.71. The lowest BCUT2D eigenvalue weighted by Crippen LogP contribution is -2.11. The molecular formula is C17H25N3. The first-order chi connectivity index (χ1) is 9.70. The van der Waals surface area contributed by atoms with Crippen LogP contribution in [0.2, 0.25) is 0 Å². The van der Waals surface area contributed by atoms with E-state index in [2.05, 4.69) is 54.6 Å². The molecule has 0 aliphatic heterocycles. The van der Waals surface area contributed by atoms with Crippen LogP contribution in [0.4, 0.5) is 5.69 Å². The molecule has 0 saturated carbocycles. The van der Waals surface area contributed by atoms with E-state index in [0.29, 0.717) is 0 Å². The molecule has 1 atom stereocenters. The van der Waals surface area contributed by atoms with Gasteiger partial charge in [-0.2, -0.15) is 5.10 Å². The Morgan fingerprint density at radius 1 is 1.15 bits per heavy atom. The van der Waals surface area contributed by atoms with Crippen LogP contribution in [-0.2, 0) is 13.5 Å². The number of anilines is 1. The van der Waals surface area contributed by atoms with Crippen LogP contribution in [0.5, 0.6) is 0 Å². The van der Waals surface area contributed by atoms with Crippen molar-refractivity contribution in [2.45, 2.75) is 45.6 Å². The van der Waals surface area contributed by atoms with Gasteiger partial charge in [-0.1, -0.05) is 31.9 Å². The van der Waals surface area contributed by atoms with Gasteiger partial charge in [0.15, 0.2) is 0 Å². The molecule has 1 unspecified atom stereocenters. The smallest absolute Gasteiger partial charge is 0.0653 e. The fourth-order valence-corrected chi connectivity index (χ4v) is 2.48. The van der Waals surface area contributed by atoms with E-state index in [1.807, 2.05) is 17.9 Å². The van der Waals surface area contributed by atoms with E-state index in [-0.39, 0.29) is 6.04 Å². The first-order valence-corrected chi connectivity index (χ1v) is 7.54. The summed E-state index contributed by atoms with van der Waals surface area (Å²) in [6.45, 7) is 4.40. The molecule has 0 aliphatic rings. The Labute approximate surface area is 122 Å². The summed E-state index contributed by atoms with van der Waals surface area (Å²) in [5.74, 6) is 0. The number of aryl methyl sites for hydroxylation is 2. The number of benzene rings is 1. The van der Waals surface area contributed by atoms with Crippen molar-refractivity contribution in [2.24, 2.45) is 7.05 Å². The molecule has 2 rings (SSSR count). The Hall–Kier alpha value is -1.77. The van der Waals surface area contributed by atoms with Crippen molar-refractivity contribution < 1.29 is 0 Å². The van der Waals surface area contributed by atoms with Crippen molar-refractivity contribution >= 4 is 5.69 Å². The summed E-state index contributed by atoms with van der Waals surface area (Å²) in [4.78, 5) is 0. The predicted octanol–water partition coefficient (Wildman–Crippen LogP) is 4.33. The van der Waals surface area contributed by atoms with Gasteiger partial charge in [0, 0.05) is 18.9 Å². The van der Waals surface area contributed by atoms with Crippen molar-refractivity contribution in [1.82, 2.24) is 9.78 Å². The highest BCUT2D eigenvalue weighted by atomic mass is 15.3. The maximum Gasteiger partial charge on any atom is 0.0653 e. The quantitative estimate of drug-likeness (QED) is 0.760. The van der Waals surface area contributed by atoms with Crippen molar-refractivity contribution in [3.63, 3.8) is 0 Å². The summed E-state index contributed by atoms with van der Waals surface area (Å²) in [6, 6.07) is 11.1. The molecule has 3 nitrogen and oxygen atoms in total. The van der Waals surface area contributed by atoms with Crippen LogP contribution in [0.25, 0.3) is 0 Å². The highest BCUT2D eigenvalue weighted by Crippen LogP contribution is 2.19. The molecule has 0 radical (unpaired) electrons. The van der Waals surface area contributed by atoms with Crippen LogP contribution in [0.3, 0.4) is 0 Å². The lowest BCUT2D eigenvalue weighted by Gasteiger charge is -2.16. The SMILES string of the molecule is CCCCCc1ccc(NC(C)c2ccnn2C)cc1. The van der Waals surface area contributed by atoms with Crippen molar-refractivity contribution in [1.29, 1.82) is 0 Å². The van der Waals surface area contributed by atoms with Gasteiger partial charge in [0.05, 0.1) is 11.7 Å². The molecule has 1 aromatic carbocycles. The highest BCUT2D eigenvalue weighted by Gasteiger charge is 2.08.